The second kappa shape index (κ2) is 5.37. The summed E-state index contributed by atoms with van der Waals surface area (Å²) >= 11 is 0. The van der Waals surface area contributed by atoms with Crippen molar-refractivity contribution in [2.45, 2.75) is 43.9 Å². The zero-order chi connectivity index (χ0) is 15.0. The summed E-state index contributed by atoms with van der Waals surface area (Å²) < 4.78 is 32.3. The third-order valence-electron chi connectivity index (χ3n) is 3.71. The molecule has 1 saturated heterocycles. The molecule has 0 N–H and O–H groups in total. The lowest BCUT2D eigenvalue weighted by molar-refractivity contribution is 0.397. The van der Waals surface area contributed by atoms with Gasteiger partial charge in [0.05, 0.1) is 7.11 Å². The molecule has 4 nitrogen and oxygen atoms in total. The molecule has 0 amide bonds. The summed E-state index contributed by atoms with van der Waals surface area (Å²) in [5.74, 6) is 0.421. The van der Waals surface area contributed by atoms with E-state index in [-0.39, 0.29) is 10.3 Å². The van der Waals surface area contributed by atoms with Gasteiger partial charge in [0.25, 0.3) is 0 Å². The van der Waals surface area contributed by atoms with Gasteiger partial charge >= 0.3 is 0 Å². The Balaban J connectivity index is 2.53. The van der Waals surface area contributed by atoms with Crippen molar-refractivity contribution in [3.8, 4) is 5.75 Å². The van der Waals surface area contributed by atoms with Gasteiger partial charge in [0.15, 0.2) is 0 Å². The topological polar surface area (TPSA) is 46.6 Å². The molecule has 0 radical (unpaired) electrons. The highest BCUT2D eigenvalue weighted by molar-refractivity contribution is 7.89. The standard InChI is InChI=1S/C15H23NO3S/c1-15(2,3)12-7-8-13(19-4)14(11-12)20(17,18)16-9-5-6-10-16/h7-8,11H,5-6,9-10H2,1-4H3. The minimum atomic E-state index is -3.46. The van der Waals surface area contributed by atoms with E-state index in [1.807, 2.05) is 6.07 Å². The summed E-state index contributed by atoms with van der Waals surface area (Å²) in [5.41, 5.74) is 0.901. The van der Waals surface area contributed by atoms with Crippen molar-refractivity contribution in [3.05, 3.63) is 23.8 Å². The third-order valence-corrected chi connectivity index (χ3v) is 5.63. The summed E-state index contributed by atoms with van der Waals surface area (Å²) in [7, 11) is -1.95. The molecule has 1 aliphatic heterocycles. The number of hydrogen-bond donors (Lipinski definition) is 0. The Labute approximate surface area is 121 Å². The van der Waals surface area contributed by atoms with Crippen molar-refractivity contribution < 1.29 is 13.2 Å². The van der Waals surface area contributed by atoms with Crippen LogP contribution in [0, 0.1) is 0 Å². The van der Waals surface area contributed by atoms with Crippen LogP contribution in [-0.4, -0.2) is 32.9 Å². The molecule has 0 bridgehead atoms. The number of ether oxygens (including phenoxy) is 1. The van der Waals surface area contributed by atoms with Gasteiger partial charge in [-0.15, -0.1) is 0 Å². The maximum Gasteiger partial charge on any atom is 0.246 e. The number of nitrogens with zero attached hydrogens (tertiary/aromatic N) is 1. The molecule has 0 atom stereocenters. The summed E-state index contributed by atoms with van der Waals surface area (Å²) in [6, 6.07) is 5.44. The van der Waals surface area contributed by atoms with Crippen LogP contribution in [0.3, 0.4) is 0 Å². The monoisotopic (exact) mass is 297 g/mol. The van der Waals surface area contributed by atoms with Crippen LogP contribution in [0.5, 0.6) is 5.75 Å². The van der Waals surface area contributed by atoms with Gasteiger partial charge in [-0.1, -0.05) is 26.8 Å². The van der Waals surface area contributed by atoms with Crippen molar-refractivity contribution in [1.82, 2.24) is 4.31 Å². The van der Waals surface area contributed by atoms with Gasteiger partial charge in [-0.3, -0.25) is 0 Å². The maximum atomic E-state index is 12.7. The van der Waals surface area contributed by atoms with Gasteiger partial charge in [0.2, 0.25) is 10.0 Å². The molecule has 1 aromatic carbocycles. The third kappa shape index (κ3) is 2.83. The Morgan fingerprint density at radius 3 is 2.25 bits per heavy atom. The number of benzene rings is 1. The zero-order valence-electron chi connectivity index (χ0n) is 12.6. The van der Waals surface area contributed by atoms with Crippen molar-refractivity contribution in [2.24, 2.45) is 0 Å². The zero-order valence-corrected chi connectivity index (χ0v) is 13.5. The van der Waals surface area contributed by atoms with Gasteiger partial charge in [-0.25, -0.2) is 8.42 Å². The predicted octanol–water partition coefficient (Wildman–Crippen LogP) is 2.78. The van der Waals surface area contributed by atoms with E-state index in [9.17, 15) is 8.42 Å². The molecule has 112 valence electrons. The van der Waals surface area contributed by atoms with Crippen molar-refractivity contribution >= 4 is 10.0 Å². The molecule has 0 unspecified atom stereocenters. The lowest BCUT2D eigenvalue weighted by atomic mass is 9.87. The Morgan fingerprint density at radius 1 is 1.15 bits per heavy atom. The van der Waals surface area contributed by atoms with E-state index in [1.165, 1.54) is 7.11 Å². The van der Waals surface area contributed by atoms with Crippen LogP contribution >= 0.6 is 0 Å². The second-order valence-corrected chi connectivity index (χ2v) is 8.13. The molecular formula is C15H23NO3S. The summed E-state index contributed by atoms with van der Waals surface area (Å²) in [4.78, 5) is 0.286. The van der Waals surface area contributed by atoms with E-state index in [0.29, 0.717) is 18.8 Å². The molecule has 1 fully saturated rings. The van der Waals surface area contributed by atoms with Gasteiger partial charge < -0.3 is 4.74 Å². The quantitative estimate of drug-likeness (QED) is 0.862. The Kier molecular flexibility index (Phi) is 4.12. The molecule has 2 rings (SSSR count). The van der Waals surface area contributed by atoms with Crippen molar-refractivity contribution in [3.63, 3.8) is 0 Å². The molecule has 1 aromatic rings. The first kappa shape index (κ1) is 15.3. The Morgan fingerprint density at radius 2 is 1.75 bits per heavy atom. The average Bonchev–Trinajstić information content (AvgIpc) is 2.91. The van der Waals surface area contributed by atoms with Crippen LogP contribution in [0.1, 0.15) is 39.2 Å². The van der Waals surface area contributed by atoms with E-state index >= 15 is 0 Å². The SMILES string of the molecule is COc1ccc(C(C)(C)C)cc1S(=O)(=O)N1CCCC1. The fourth-order valence-corrected chi connectivity index (χ4v) is 4.11. The van der Waals surface area contributed by atoms with Crippen LogP contribution in [-0.2, 0) is 15.4 Å². The number of sulfonamides is 1. The van der Waals surface area contributed by atoms with Crippen LogP contribution in [0.25, 0.3) is 0 Å². The summed E-state index contributed by atoms with van der Waals surface area (Å²) in [6.45, 7) is 7.42. The van der Waals surface area contributed by atoms with E-state index in [2.05, 4.69) is 20.8 Å². The largest absolute Gasteiger partial charge is 0.495 e. The Bertz CT molecular complexity index is 582. The molecule has 0 aromatic heterocycles. The average molecular weight is 297 g/mol. The van der Waals surface area contributed by atoms with Crippen molar-refractivity contribution in [1.29, 1.82) is 0 Å². The molecule has 20 heavy (non-hydrogen) atoms. The number of hydrogen-bond acceptors (Lipinski definition) is 3. The molecule has 1 aliphatic rings. The van der Waals surface area contributed by atoms with Crippen molar-refractivity contribution in [2.75, 3.05) is 20.2 Å². The highest BCUT2D eigenvalue weighted by atomic mass is 32.2. The van der Waals surface area contributed by atoms with E-state index in [4.69, 9.17) is 4.74 Å². The first-order chi connectivity index (χ1) is 9.26. The molecule has 1 heterocycles. The van der Waals surface area contributed by atoms with E-state index in [1.54, 1.807) is 16.4 Å². The molecule has 0 aliphatic carbocycles. The predicted molar refractivity (Wildman–Crippen MR) is 79.7 cm³/mol. The molecule has 5 heteroatoms. The summed E-state index contributed by atoms with van der Waals surface area (Å²) in [5, 5.41) is 0. The van der Waals surface area contributed by atoms with Gasteiger partial charge in [-0.05, 0) is 36.0 Å². The second-order valence-electron chi connectivity index (χ2n) is 6.23. The molecule has 0 spiro atoms. The highest BCUT2D eigenvalue weighted by Crippen LogP contribution is 2.33. The fraction of sp³-hybridized carbons (Fsp3) is 0.600. The van der Waals surface area contributed by atoms with E-state index < -0.39 is 10.0 Å². The number of methoxy groups -OCH3 is 1. The van der Waals surface area contributed by atoms with Crippen LogP contribution in [0.4, 0.5) is 0 Å². The lowest BCUT2D eigenvalue weighted by Crippen LogP contribution is -2.28. The van der Waals surface area contributed by atoms with Crippen LogP contribution in [0.15, 0.2) is 23.1 Å². The molecule has 0 saturated carbocycles. The minimum Gasteiger partial charge on any atom is -0.495 e. The van der Waals surface area contributed by atoms with Gasteiger partial charge in [0.1, 0.15) is 10.6 Å². The fourth-order valence-electron chi connectivity index (χ4n) is 2.41. The normalized spacial score (nSPS) is 17.4. The smallest absolute Gasteiger partial charge is 0.246 e. The maximum absolute atomic E-state index is 12.7. The first-order valence-electron chi connectivity index (χ1n) is 6.95. The van der Waals surface area contributed by atoms with Gasteiger partial charge in [-0.2, -0.15) is 4.31 Å². The highest BCUT2D eigenvalue weighted by Gasteiger charge is 2.31. The van der Waals surface area contributed by atoms with Crippen LogP contribution < -0.4 is 4.74 Å². The lowest BCUT2D eigenvalue weighted by Gasteiger charge is -2.23. The summed E-state index contributed by atoms with van der Waals surface area (Å²) in [6.07, 6.45) is 1.86. The minimum absolute atomic E-state index is 0.0957. The Hall–Kier alpha value is -1.07. The van der Waals surface area contributed by atoms with Gasteiger partial charge in [0, 0.05) is 13.1 Å². The van der Waals surface area contributed by atoms with Crippen LogP contribution in [0.2, 0.25) is 0 Å². The number of rotatable bonds is 3. The molecular weight excluding hydrogens is 274 g/mol. The first-order valence-corrected chi connectivity index (χ1v) is 8.39. The van der Waals surface area contributed by atoms with E-state index in [0.717, 1.165) is 18.4 Å².